The standard InChI is InChI=1S/C10H13BrF2N2/c11-9-2-1-7-15(14-9)8-3-5-10(12,13)6-4-8/h1-2,7-8,14H,3-6H2. The highest BCUT2D eigenvalue weighted by Gasteiger charge is 2.36. The average Bonchev–Trinajstić information content (AvgIpc) is 2.17. The Labute approximate surface area is 96.1 Å². The van der Waals surface area contributed by atoms with Crippen LogP contribution in [0.25, 0.3) is 0 Å². The zero-order valence-electron chi connectivity index (χ0n) is 8.22. The van der Waals surface area contributed by atoms with E-state index in [-0.39, 0.29) is 18.9 Å². The van der Waals surface area contributed by atoms with Crippen molar-refractivity contribution in [3.8, 4) is 0 Å². The second kappa shape index (κ2) is 4.12. The summed E-state index contributed by atoms with van der Waals surface area (Å²) in [7, 11) is 0. The lowest BCUT2D eigenvalue weighted by Crippen LogP contribution is -2.44. The van der Waals surface area contributed by atoms with Gasteiger partial charge in [0.25, 0.3) is 0 Å². The van der Waals surface area contributed by atoms with Crippen molar-refractivity contribution >= 4 is 15.9 Å². The molecule has 0 saturated heterocycles. The number of halogens is 3. The summed E-state index contributed by atoms with van der Waals surface area (Å²) in [5.74, 6) is -2.46. The quantitative estimate of drug-likeness (QED) is 0.742. The fourth-order valence-corrected chi connectivity index (χ4v) is 2.29. The van der Waals surface area contributed by atoms with Crippen LogP contribution in [-0.4, -0.2) is 17.0 Å². The second-order valence-electron chi connectivity index (χ2n) is 3.96. The van der Waals surface area contributed by atoms with Gasteiger partial charge in [0, 0.05) is 19.0 Å². The van der Waals surface area contributed by atoms with Gasteiger partial charge in [0.05, 0.1) is 10.6 Å². The lowest BCUT2D eigenvalue weighted by molar-refractivity contribution is -0.0523. The van der Waals surface area contributed by atoms with Crippen molar-refractivity contribution in [2.75, 3.05) is 0 Å². The molecule has 1 aliphatic carbocycles. The van der Waals surface area contributed by atoms with Crippen molar-refractivity contribution in [1.29, 1.82) is 0 Å². The van der Waals surface area contributed by atoms with Gasteiger partial charge in [-0.05, 0) is 40.9 Å². The van der Waals surface area contributed by atoms with Crippen LogP contribution < -0.4 is 5.43 Å². The van der Waals surface area contributed by atoms with E-state index in [1.165, 1.54) is 0 Å². The van der Waals surface area contributed by atoms with Crippen LogP contribution in [0.15, 0.2) is 23.0 Å². The van der Waals surface area contributed by atoms with Crippen LogP contribution in [0.5, 0.6) is 0 Å². The summed E-state index contributed by atoms with van der Waals surface area (Å²) in [5.41, 5.74) is 3.09. The Morgan fingerprint density at radius 1 is 1.40 bits per heavy atom. The van der Waals surface area contributed by atoms with Gasteiger partial charge in [0.15, 0.2) is 0 Å². The van der Waals surface area contributed by atoms with Gasteiger partial charge >= 0.3 is 0 Å². The average molecular weight is 279 g/mol. The Hall–Kier alpha value is -0.580. The Morgan fingerprint density at radius 2 is 2.07 bits per heavy atom. The molecule has 0 unspecified atom stereocenters. The Morgan fingerprint density at radius 3 is 2.67 bits per heavy atom. The van der Waals surface area contributed by atoms with Gasteiger partial charge < -0.3 is 0 Å². The third-order valence-electron chi connectivity index (χ3n) is 2.81. The normalized spacial score (nSPS) is 26.1. The number of nitrogens with one attached hydrogen (secondary N) is 1. The highest BCUT2D eigenvalue weighted by Crippen LogP contribution is 2.35. The predicted octanol–water partition coefficient (Wildman–Crippen LogP) is 3.13. The molecular formula is C10H13BrF2N2. The topological polar surface area (TPSA) is 15.3 Å². The van der Waals surface area contributed by atoms with E-state index in [0.717, 1.165) is 4.61 Å². The smallest absolute Gasteiger partial charge is 0.248 e. The van der Waals surface area contributed by atoms with E-state index in [1.807, 2.05) is 23.4 Å². The Balaban J connectivity index is 1.92. The maximum Gasteiger partial charge on any atom is 0.248 e. The molecule has 84 valence electrons. The summed E-state index contributed by atoms with van der Waals surface area (Å²) < 4.78 is 26.8. The van der Waals surface area contributed by atoms with Gasteiger partial charge in [-0.3, -0.25) is 10.4 Å². The molecule has 1 aliphatic heterocycles. The molecule has 1 saturated carbocycles. The van der Waals surface area contributed by atoms with Crippen molar-refractivity contribution in [2.24, 2.45) is 0 Å². The summed E-state index contributed by atoms with van der Waals surface area (Å²) in [6.45, 7) is 0. The fourth-order valence-electron chi connectivity index (χ4n) is 1.93. The molecule has 1 heterocycles. The first-order valence-electron chi connectivity index (χ1n) is 5.04. The maximum absolute atomic E-state index is 12.9. The van der Waals surface area contributed by atoms with Crippen LogP contribution in [0.4, 0.5) is 8.78 Å². The van der Waals surface area contributed by atoms with Crippen LogP contribution in [-0.2, 0) is 0 Å². The van der Waals surface area contributed by atoms with Gasteiger partial charge in [-0.15, -0.1) is 0 Å². The molecule has 0 radical (unpaired) electrons. The Bertz CT molecular complexity index is 292. The highest BCUT2D eigenvalue weighted by molar-refractivity contribution is 9.11. The lowest BCUT2D eigenvalue weighted by Gasteiger charge is -2.37. The van der Waals surface area contributed by atoms with Crippen LogP contribution in [0.3, 0.4) is 0 Å². The van der Waals surface area contributed by atoms with Gasteiger partial charge in [-0.25, -0.2) is 8.78 Å². The first-order chi connectivity index (χ1) is 7.07. The molecule has 1 fully saturated rings. The first kappa shape index (κ1) is 10.9. The molecule has 1 N–H and O–H groups in total. The molecule has 0 amide bonds. The third kappa shape index (κ3) is 2.71. The van der Waals surface area contributed by atoms with Crippen molar-refractivity contribution < 1.29 is 8.78 Å². The zero-order valence-corrected chi connectivity index (χ0v) is 9.80. The van der Waals surface area contributed by atoms with E-state index in [4.69, 9.17) is 0 Å². The first-order valence-corrected chi connectivity index (χ1v) is 5.83. The van der Waals surface area contributed by atoms with Crippen molar-refractivity contribution in [2.45, 2.75) is 37.6 Å². The summed E-state index contributed by atoms with van der Waals surface area (Å²) in [4.78, 5) is 0. The number of allylic oxidation sites excluding steroid dienone is 2. The zero-order chi connectivity index (χ0) is 10.9. The Kier molecular flexibility index (Phi) is 3.00. The number of nitrogens with zero attached hydrogens (tertiary/aromatic N) is 1. The molecule has 0 aromatic carbocycles. The van der Waals surface area contributed by atoms with E-state index in [2.05, 4.69) is 21.4 Å². The molecule has 5 heteroatoms. The number of rotatable bonds is 1. The largest absolute Gasteiger partial charge is 0.292 e. The van der Waals surface area contributed by atoms with Crippen LogP contribution in [0.1, 0.15) is 25.7 Å². The third-order valence-corrected chi connectivity index (χ3v) is 3.25. The van der Waals surface area contributed by atoms with Gasteiger partial charge in [-0.1, -0.05) is 0 Å². The SMILES string of the molecule is FC1(F)CCC(N2C=CC=C(Br)N2)CC1. The van der Waals surface area contributed by atoms with Crippen LogP contribution >= 0.6 is 15.9 Å². The molecule has 0 aromatic rings. The minimum absolute atomic E-state index is 0.00891. The maximum atomic E-state index is 12.9. The molecule has 0 atom stereocenters. The fraction of sp³-hybridized carbons (Fsp3) is 0.600. The summed E-state index contributed by atoms with van der Waals surface area (Å²) >= 11 is 3.33. The number of hydrazine groups is 1. The van der Waals surface area contributed by atoms with Crippen molar-refractivity contribution in [3.63, 3.8) is 0 Å². The lowest BCUT2D eigenvalue weighted by atomic mass is 9.92. The number of hydrogen-bond donors (Lipinski definition) is 1. The highest BCUT2D eigenvalue weighted by atomic mass is 79.9. The molecule has 0 spiro atoms. The molecule has 2 rings (SSSR count). The molecule has 0 bridgehead atoms. The molecule has 2 nitrogen and oxygen atoms in total. The minimum Gasteiger partial charge on any atom is -0.292 e. The monoisotopic (exact) mass is 278 g/mol. The van der Waals surface area contributed by atoms with Crippen LogP contribution in [0.2, 0.25) is 0 Å². The summed E-state index contributed by atoms with van der Waals surface area (Å²) in [6, 6.07) is 0.169. The summed E-state index contributed by atoms with van der Waals surface area (Å²) in [6.07, 6.45) is 6.71. The van der Waals surface area contributed by atoms with Crippen LogP contribution in [0, 0.1) is 0 Å². The predicted molar refractivity (Wildman–Crippen MR) is 58.3 cm³/mol. The minimum atomic E-state index is -2.46. The molecule has 2 aliphatic rings. The molecule has 0 aromatic heterocycles. The van der Waals surface area contributed by atoms with Gasteiger partial charge in [0.2, 0.25) is 5.92 Å². The number of alkyl halides is 2. The molecular weight excluding hydrogens is 266 g/mol. The van der Waals surface area contributed by atoms with Gasteiger partial charge in [-0.2, -0.15) is 0 Å². The van der Waals surface area contributed by atoms with E-state index >= 15 is 0 Å². The van der Waals surface area contributed by atoms with Crippen molar-refractivity contribution in [3.05, 3.63) is 23.0 Å². The van der Waals surface area contributed by atoms with E-state index in [1.54, 1.807) is 0 Å². The summed E-state index contributed by atoms with van der Waals surface area (Å²) in [5, 5.41) is 1.90. The van der Waals surface area contributed by atoms with Crippen molar-refractivity contribution in [1.82, 2.24) is 10.4 Å². The van der Waals surface area contributed by atoms with E-state index < -0.39 is 5.92 Å². The second-order valence-corrected chi connectivity index (χ2v) is 4.82. The number of hydrogen-bond acceptors (Lipinski definition) is 2. The van der Waals surface area contributed by atoms with E-state index in [0.29, 0.717) is 12.8 Å². The van der Waals surface area contributed by atoms with E-state index in [9.17, 15) is 8.78 Å². The van der Waals surface area contributed by atoms with Gasteiger partial charge in [0.1, 0.15) is 0 Å². The molecule has 15 heavy (non-hydrogen) atoms.